The van der Waals surface area contributed by atoms with E-state index in [1.807, 2.05) is 0 Å². The van der Waals surface area contributed by atoms with Gasteiger partial charge < -0.3 is 10.5 Å². The van der Waals surface area contributed by atoms with Crippen molar-refractivity contribution in [3.63, 3.8) is 0 Å². The zero-order chi connectivity index (χ0) is 12.1. The molecule has 1 aromatic carbocycles. The van der Waals surface area contributed by atoms with Crippen LogP contribution in [0.2, 0.25) is 0 Å². The number of nitrogens with two attached hydrogens (primary N) is 1. The lowest BCUT2D eigenvalue weighted by molar-refractivity contribution is 0.169. The van der Waals surface area contributed by atoms with Gasteiger partial charge in [-0.05, 0) is 31.5 Å². The lowest BCUT2D eigenvalue weighted by Gasteiger charge is -2.30. The molecular formula is C13H19FN2O. The average Bonchev–Trinajstić information content (AvgIpc) is 2.32. The van der Waals surface area contributed by atoms with Crippen LogP contribution in [0.25, 0.3) is 0 Å². The number of piperidine rings is 1. The summed E-state index contributed by atoms with van der Waals surface area (Å²) in [6, 6.07) is 6.77. The topological polar surface area (TPSA) is 38.5 Å². The summed E-state index contributed by atoms with van der Waals surface area (Å²) in [5.41, 5.74) is 5.89. The smallest absolute Gasteiger partial charge is 0.165 e. The molecule has 0 amide bonds. The molecule has 3 nitrogen and oxygen atoms in total. The van der Waals surface area contributed by atoms with Crippen LogP contribution in [-0.4, -0.2) is 37.2 Å². The van der Waals surface area contributed by atoms with Gasteiger partial charge in [-0.25, -0.2) is 4.39 Å². The summed E-state index contributed by atoms with van der Waals surface area (Å²) in [4.78, 5) is 2.27. The van der Waals surface area contributed by atoms with Gasteiger partial charge in [-0.2, -0.15) is 0 Å². The molecule has 1 heterocycles. The van der Waals surface area contributed by atoms with Gasteiger partial charge in [0, 0.05) is 19.1 Å². The number of para-hydroxylation sites is 1. The Kier molecular flexibility index (Phi) is 4.34. The van der Waals surface area contributed by atoms with E-state index in [9.17, 15) is 4.39 Å². The van der Waals surface area contributed by atoms with E-state index in [1.165, 1.54) is 6.07 Å². The van der Waals surface area contributed by atoms with Crippen LogP contribution in [-0.2, 0) is 0 Å². The largest absolute Gasteiger partial charge is 0.489 e. The van der Waals surface area contributed by atoms with E-state index < -0.39 is 0 Å². The molecule has 1 atom stereocenters. The fourth-order valence-electron chi connectivity index (χ4n) is 2.14. The van der Waals surface area contributed by atoms with Crippen molar-refractivity contribution in [3.05, 3.63) is 30.1 Å². The maximum Gasteiger partial charge on any atom is 0.165 e. The van der Waals surface area contributed by atoms with Gasteiger partial charge in [0.2, 0.25) is 0 Å². The third-order valence-corrected chi connectivity index (χ3v) is 3.04. The van der Waals surface area contributed by atoms with E-state index in [4.69, 9.17) is 10.5 Å². The Hall–Kier alpha value is -1.13. The molecule has 0 radical (unpaired) electrons. The second kappa shape index (κ2) is 5.98. The number of benzene rings is 1. The van der Waals surface area contributed by atoms with Gasteiger partial charge in [-0.1, -0.05) is 12.1 Å². The molecular weight excluding hydrogens is 219 g/mol. The molecule has 0 spiro atoms. The Morgan fingerprint density at radius 3 is 3.00 bits per heavy atom. The first-order chi connectivity index (χ1) is 8.25. The number of hydrogen-bond donors (Lipinski definition) is 1. The van der Waals surface area contributed by atoms with Crippen LogP contribution < -0.4 is 10.5 Å². The number of hydrogen-bond acceptors (Lipinski definition) is 3. The summed E-state index contributed by atoms with van der Waals surface area (Å²) in [5, 5.41) is 0. The lowest BCUT2D eigenvalue weighted by atomic mass is 10.1. The van der Waals surface area contributed by atoms with Gasteiger partial charge in [0.05, 0.1) is 0 Å². The first-order valence-corrected chi connectivity index (χ1v) is 6.11. The van der Waals surface area contributed by atoms with Crippen molar-refractivity contribution < 1.29 is 9.13 Å². The third kappa shape index (κ3) is 3.68. The molecule has 1 aliphatic rings. The Balaban J connectivity index is 1.74. The maximum absolute atomic E-state index is 13.3. The molecule has 0 unspecified atom stereocenters. The fourth-order valence-corrected chi connectivity index (χ4v) is 2.14. The minimum absolute atomic E-state index is 0.275. The summed E-state index contributed by atoms with van der Waals surface area (Å²) in [5.74, 6) is 0.0247. The lowest BCUT2D eigenvalue weighted by Crippen LogP contribution is -2.44. The maximum atomic E-state index is 13.3. The minimum Gasteiger partial charge on any atom is -0.489 e. The zero-order valence-electron chi connectivity index (χ0n) is 9.94. The van der Waals surface area contributed by atoms with Crippen molar-refractivity contribution in [2.75, 3.05) is 26.2 Å². The molecule has 0 aliphatic carbocycles. The monoisotopic (exact) mass is 238 g/mol. The van der Waals surface area contributed by atoms with Crippen molar-refractivity contribution in [3.8, 4) is 5.75 Å². The SMILES string of the molecule is N[C@@H]1CCCN(CCOc2ccccc2F)C1. The molecule has 2 N–H and O–H groups in total. The van der Waals surface area contributed by atoms with Gasteiger partial charge >= 0.3 is 0 Å². The van der Waals surface area contributed by atoms with E-state index in [1.54, 1.807) is 18.2 Å². The van der Waals surface area contributed by atoms with Crippen LogP contribution in [0.5, 0.6) is 5.75 Å². The quantitative estimate of drug-likeness (QED) is 0.866. The normalized spacial score (nSPS) is 21.4. The summed E-state index contributed by atoms with van der Waals surface area (Å²) >= 11 is 0. The van der Waals surface area contributed by atoms with E-state index >= 15 is 0 Å². The number of nitrogens with zero attached hydrogens (tertiary/aromatic N) is 1. The van der Waals surface area contributed by atoms with Crippen molar-refractivity contribution in [1.29, 1.82) is 0 Å². The molecule has 94 valence electrons. The number of likely N-dealkylation sites (tertiary alicyclic amines) is 1. The molecule has 0 aromatic heterocycles. The summed E-state index contributed by atoms with van der Waals surface area (Å²) < 4.78 is 18.7. The molecule has 1 saturated heterocycles. The van der Waals surface area contributed by atoms with Crippen LogP contribution in [0.1, 0.15) is 12.8 Å². The van der Waals surface area contributed by atoms with Crippen molar-refractivity contribution in [2.24, 2.45) is 5.73 Å². The molecule has 1 fully saturated rings. The highest BCUT2D eigenvalue weighted by atomic mass is 19.1. The van der Waals surface area contributed by atoms with Crippen LogP contribution >= 0.6 is 0 Å². The first kappa shape index (κ1) is 12.3. The second-order valence-electron chi connectivity index (χ2n) is 4.48. The van der Waals surface area contributed by atoms with Gasteiger partial charge in [0.15, 0.2) is 11.6 Å². The molecule has 0 bridgehead atoms. The van der Waals surface area contributed by atoms with Gasteiger partial charge in [-0.15, -0.1) is 0 Å². The van der Waals surface area contributed by atoms with Crippen molar-refractivity contribution in [1.82, 2.24) is 4.90 Å². The molecule has 4 heteroatoms. The van der Waals surface area contributed by atoms with Gasteiger partial charge in [0.1, 0.15) is 6.61 Å². The highest BCUT2D eigenvalue weighted by Crippen LogP contribution is 2.15. The molecule has 1 aromatic rings. The minimum atomic E-state index is -0.303. The predicted octanol–water partition coefficient (Wildman–Crippen LogP) is 1.63. The number of ether oxygens (including phenoxy) is 1. The second-order valence-corrected chi connectivity index (χ2v) is 4.48. The molecule has 1 aliphatic heterocycles. The number of rotatable bonds is 4. The summed E-state index contributed by atoms with van der Waals surface area (Å²) in [6.07, 6.45) is 2.24. The Morgan fingerprint density at radius 2 is 2.24 bits per heavy atom. The van der Waals surface area contributed by atoms with Gasteiger partial charge in [-0.3, -0.25) is 4.90 Å². The molecule has 17 heavy (non-hydrogen) atoms. The van der Waals surface area contributed by atoms with Crippen LogP contribution in [0.15, 0.2) is 24.3 Å². The van der Waals surface area contributed by atoms with Crippen LogP contribution in [0, 0.1) is 5.82 Å². The van der Waals surface area contributed by atoms with E-state index in [2.05, 4.69) is 4.90 Å². The highest BCUT2D eigenvalue weighted by molar-refractivity contribution is 5.23. The van der Waals surface area contributed by atoms with Crippen LogP contribution in [0.3, 0.4) is 0 Å². The van der Waals surface area contributed by atoms with Crippen LogP contribution in [0.4, 0.5) is 4.39 Å². The Labute approximate surface area is 101 Å². The standard InChI is InChI=1S/C13H19FN2O/c14-12-5-1-2-6-13(12)17-9-8-16-7-3-4-11(15)10-16/h1-2,5-6,11H,3-4,7-10,15H2/t11-/m1/s1. The number of halogens is 1. The molecule has 0 saturated carbocycles. The third-order valence-electron chi connectivity index (χ3n) is 3.04. The Bertz CT molecular complexity index is 359. The average molecular weight is 238 g/mol. The van der Waals surface area contributed by atoms with Gasteiger partial charge in [0.25, 0.3) is 0 Å². The highest BCUT2D eigenvalue weighted by Gasteiger charge is 2.16. The summed E-state index contributed by atoms with van der Waals surface area (Å²) in [7, 11) is 0. The Morgan fingerprint density at radius 1 is 1.41 bits per heavy atom. The van der Waals surface area contributed by atoms with E-state index in [-0.39, 0.29) is 11.9 Å². The van der Waals surface area contributed by atoms with E-state index in [0.29, 0.717) is 12.4 Å². The van der Waals surface area contributed by atoms with E-state index in [0.717, 1.165) is 32.5 Å². The fraction of sp³-hybridized carbons (Fsp3) is 0.538. The predicted molar refractivity (Wildman–Crippen MR) is 65.5 cm³/mol. The first-order valence-electron chi connectivity index (χ1n) is 6.11. The van der Waals surface area contributed by atoms with Crippen molar-refractivity contribution in [2.45, 2.75) is 18.9 Å². The molecule has 2 rings (SSSR count). The van der Waals surface area contributed by atoms with Crippen molar-refractivity contribution >= 4 is 0 Å². The summed E-state index contributed by atoms with van der Waals surface area (Å²) in [6.45, 7) is 3.30. The zero-order valence-corrected chi connectivity index (χ0v) is 9.94.